The molecule has 1 unspecified atom stereocenters. The smallest absolute Gasteiger partial charge is 0.180 e. The highest BCUT2D eigenvalue weighted by atomic mass is 35.5. The van der Waals surface area contributed by atoms with Crippen molar-refractivity contribution >= 4 is 11.6 Å². The molecule has 0 fully saturated rings. The van der Waals surface area contributed by atoms with E-state index in [0.29, 0.717) is 36.3 Å². The van der Waals surface area contributed by atoms with Gasteiger partial charge in [-0.05, 0) is 25.1 Å². The molecule has 0 aliphatic carbocycles. The highest BCUT2D eigenvalue weighted by Gasteiger charge is 2.23. The Kier molecular flexibility index (Phi) is 4.91. The van der Waals surface area contributed by atoms with Crippen molar-refractivity contribution in [3.8, 4) is 11.5 Å². The van der Waals surface area contributed by atoms with E-state index in [2.05, 4.69) is 5.32 Å². The fraction of sp³-hybridized carbons (Fsp3) is 0.571. The zero-order valence-electron chi connectivity index (χ0n) is 11.3. The molecule has 0 bridgehead atoms. The molecule has 1 atom stereocenters. The molecular weight excluding hydrogens is 266 g/mol. The van der Waals surface area contributed by atoms with Crippen molar-refractivity contribution in [2.24, 2.45) is 0 Å². The molecule has 0 aromatic heterocycles. The fourth-order valence-corrected chi connectivity index (χ4v) is 2.58. The molecule has 0 saturated heterocycles. The van der Waals surface area contributed by atoms with Crippen LogP contribution >= 0.6 is 11.6 Å². The topological polar surface area (TPSA) is 50.7 Å². The molecule has 1 aromatic carbocycles. The quantitative estimate of drug-likeness (QED) is 0.891. The standard InChI is InChI=1S/C14H20ClNO3/c1-3-9-10(12(17)8-16-2)7-11(15)14-13(9)18-5-4-6-19-14/h7,12,16-17H,3-6,8H2,1-2H3. The Bertz CT molecular complexity index is 451. The van der Waals surface area contributed by atoms with Gasteiger partial charge in [0.1, 0.15) is 0 Å². The van der Waals surface area contributed by atoms with Crippen molar-refractivity contribution in [2.45, 2.75) is 25.9 Å². The molecule has 0 saturated carbocycles. The number of aliphatic hydroxyl groups excluding tert-OH is 1. The third-order valence-electron chi connectivity index (χ3n) is 3.22. The van der Waals surface area contributed by atoms with Gasteiger partial charge in [-0.2, -0.15) is 0 Å². The molecule has 1 aliphatic rings. The Hall–Kier alpha value is -0.970. The zero-order chi connectivity index (χ0) is 13.8. The number of rotatable bonds is 4. The second kappa shape index (κ2) is 6.46. The van der Waals surface area contributed by atoms with Gasteiger partial charge in [-0.25, -0.2) is 0 Å². The van der Waals surface area contributed by atoms with Crippen LogP contribution in [0.2, 0.25) is 5.02 Å². The summed E-state index contributed by atoms with van der Waals surface area (Å²) in [6.45, 7) is 3.73. The van der Waals surface area contributed by atoms with Gasteiger partial charge in [0, 0.05) is 18.5 Å². The summed E-state index contributed by atoms with van der Waals surface area (Å²) in [4.78, 5) is 0. The third kappa shape index (κ3) is 2.96. The summed E-state index contributed by atoms with van der Waals surface area (Å²) in [5.41, 5.74) is 1.79. The minimum absolute atomic E-state index is 0.475. The zero-order valence-corrected chi connectivity index (χ0v) is 12.1. The van der Waals surface area contributed by atoms with Crippen LogP contribution in [0.3, 0.4) is 0 Å². The molecule has 1 aromatic rings. The van der Waals surface area contributed by atoms with Crippen molar-refractivity contribution in [3.05, 3.63) is 22.2 Å². The Morgan fingerprint density at radius 1 is 1.37 bits per heavy atom. The van der Waals surface area contributed by atoms with E-state index < -0.39 is 6.10 Å². The van der Waals surface area contributed by atoms with Gasteiger partial charge in [-0.1, -0.05) is 18.5 Å². The number of hydrogen-bond donors (Lipinski definition) is 2. The van der Waals surface area contributed by atoms with E-state index in [1.807, 2.05) is 6.92 Å². The number of likely N-dealkylation sites (N-methyl/N-ethyl adjacent to an activating group) is 1. The van der Waals surface area contributed by atoms with Gasteiger partial charge in [0.15, 0.2) is 11.5 Å². The third-order valence-corrected chi connectivity index (χ3v) is 3.50. The number of benzene rings is 1. The van der Waals surface area contributed by atoms with Crippen molar-refractivity contribution in [1.82, 2.24) is 5.32 Å². The largest absolute Gasteiger partial charge is 0.489 e. The first-order valence-corrected chi connectivity index (χ1v) is 7.00. The Labute approximate surface area is 118 Å². The van der Waals surface area contributed by atoms with Crippen LogP contribution < -0.4 is 14.8 Å². The predicted molar refractivity (Wildman–Crippen MR) is 75.3 cm³/mol. The summed E-state index contributed by atoms with van der Waals surface area (Å²) < 4.78 is 11.4. The van der Waals surface area contributed by atoms with E-state index in [4.69, 9.17) is 21.1 Å². The fourth-order valence-electron chi connectivity index (χ4n) is 2.33. The summed E-state index contributed by atoms with van der Waals surface area (Å²) in [5, 5.41) is 13.7. The predicted octanol–water partition coefficient (Wildman–Crippen LogP) is 2.32. The maximum absolute atomic E-state index is 10.2. The number of fused-ring (bicyclic) bond motifs is 1. The summed E-state index contributed by atoms with van der Waals surface area (Å²) in [5.74, 6) is 1.30. The summed E-state index contributed by atoms with van der Waals surface area (Å²) >= 11 is 6.26. The number of ether oxygens (including phenoxy) is 2. The maximum atomic E-state index is 10.2. The summed E-state index contributed by atoms with van der Waals surface area (Å²) in [6, 6.07) is 1.79. The molecule has 19 heavy (non-hydrogen) atoms. The Balaban J connectivity index is 2.50. The van der Waals surface area contributed by atoms with E-state index in [-0.39, 0.29) is 0 Å². The molecule has 1 heterocycles. The second-order valence-corrected chi connectivity index (χ2v) is 4.97. The molecule has 106 valence electrons. The molecule has 1 aliphatic heterocycles. The number of hydrogen-bond acceptors (Lipinski definition) is 4. The normalized spacial score (nSPS) is 16.0. The van der Waals surface area contributed by atoms with E-state index in [0.717, 1.165) is 24.0 Å². The Morgan fingerprint density at radius 3 is 2.68 bits per heavy atom. The van der Waals surface area contributed by atoms with Crippen LogP contribution in [0.25, 0.3) is 0 Å². The first-order chi connectivity index (χ1) is 9.19. The lowest BCUT2D eigenvalue weighted by atomic mass is 9.98. The van der Waals surface area contributed by atoms with E-state index in [9.17, 15) is 5.11 Å². The molecule has 5 heteroatoms. The molecule has 4 nitrogen and oxygen atoms in total. The molecular formula is C14H20ClNO3. The highest BCUT2D eigenvalue weighted by molar-refractivity contribution is 6.32. The summed E-state index contributed by atoms with van der Waals surface area (Å²) in [7, 11) is 1.81. The first kappa shape index (κ1) is 14.4. The maximum Gasteiger partial charge on any atom is 0.180 e. The molecule has 0 spiro atoms. The highest BCUT2D eigenvalue weighted by Crippen LogP contribution is 2.43. The van der Waals surface area contributed by atoms with Gasteiger partial charge < -0.3 is 19.9 Å². The van der Waals surface area contributed by atoms with Gasteiger partial charge in [-0.3, -0.25) is 0 Å². The molecule has 2 rings (SSSR count). The van der Waals surface area contributed by atoms with Crippen LogP contribution in [0.5, 0.6) is 11.5 Å². The lowest BCUT2D eigenvalue weighted by Gasteiger charge is -2.20. The van der Waals surface area contributed by atoms with Crippen LogP contribution in [0.4, 0.5) is 0 Å². The van der Waals surface area contributed by atoms with Crippen LogP contribution in [0, 0.1) is 0 Å². The van der Waals surface area contributed by atoms with Crippen molar-refractivity contribution < 1.29 is 14.6 Å². The van der Waals surface area contributed by atoms with Crippen LogP contribution in [-0.4, -0.2) is 31.9 Å². The number of nitrogens with one attached hydrogen (secondary N) is 1. The first-order valence-electron chi connectivity index (χ1n) is 6.62. The average molecular weight is 286 g/mol. The molecule has 2 N–H and O–H groups in total. The van der Waals surface area contributed by atoms with E-state index in [1.54, 1.807) is 13.1 Å². The van der Waals surface area contributed by atoms with Gasteiger partial charge in [0.05, 0.1) is 24.3 Å². The van der Waals surface area contributed by atoms with E-state index in [1.165, 1.54) is 0 Å². The monoisotopic (exact) mass is 285 g/mol. The van der Waals surface area contributed by atoms with E-state index >= 15 is 0 Å². The Morgan fingerprint density at radius 2 is 2.05 bits per heavy atom. The second-order valence-electron chi connectivity index (χ2n) is 4.56. The van der Waals surface area contributed by atoms with Gasteiger partial charge in [0.25, 0.3) is 0 Å². The van der Waals surface area contributed by atoms with Gasteiger partial charge in [-0.15, -0.1) is 0 Å². The average Bonchev–Trinajstić information content (AvgIpc) is 2.65. The lowest BCUT2D eigenvalue weighted by molar-refractivity contribution is 0.176. The van der Waals surface area contributed by atoms with Crippen molar-refractivity contribution in [1.29, 1.82) is 0 Å². The van der Waals surface area contributed by atoms with Crippen molar-refractivity contribution in [3.63, 3.8) is 0 Å². The van der Waals surface area contributed by atoms with Gasteiger partial charge >= 0.3 is 0 Å². The minimum atomic E-state index is -0.602. The lowest BCUT2D eigenvalue weighted by Crippen LogP contribution is -2.18. The van der Waals surface area contributed by atoms with Crippen molar-refractivity contribution in [2.75, 3.05) is 26.8 Å². The van der Waals surface area contributed by atoms with Gasteiger partial charge in [0.2, 0.25) is 0 Å². The van der Waals surface area contributed by atoms with Crippen LogP contribution in [-0.2, 0) is 6.42 Å². The molecule has 0 amide bonds. The van der Waals surface area contributed by atoms with Crippen LogP contribution in [0.1, 0.15) is 30.6 Å². The molecule has 0 radical (unpaired) electrons. The summed E-state index contributed by atoms with van der Waals surface area (Å²) in [6.07, 6.45) is 0.997. The van der Waals surface area contributed by atoms with Crippen LogP contribution in [0.15, 0.2) is 6.07 Å². The minimum Gasteiger partial charge on any atom is -0.489 e. The SMILES string of the molecule is CCc1c(C(O)CNC)cc(Cl)c2c1OCCCO2. The number of halogens is 1. The number of aliphatic hydroxyl groups is 1.